The molecule has 0 heterocycles. The van der Waals surface area contributed by atoms with Gasteiger partial charge in [-0.05, 0) is 30.4 Å². The largest absolute Gasteiger partial charge is 0.496 e. The number of nitrogens with zero attached hydrogens (tertiary/aromatic N) is 1. The zero-order valence-electron chi connectivity index (χ0n) is 17.4. The Kier molecular flexibility index (Phi) is 9.17. The van der Waals surface area contributed by atoms with Crippen molar-refractivity contribution in [2.45, 2.75) is 65.2 Å². The van der Waals surface area contributed by atoms with Crippen molar-refractivity contribution in [3.63, 3.8) is 0 Å². The minimum atomic E-state index is 0.654. The third-order valence-electron chi connectivity index (χ3n) is 5.24. The lowest BCUT2D eigenvalue weighted by molar-refractivity contribution is 0.385. The van der Waals surface area contributed by atoms with Gasteiger partial charge in [0.05, 0.1) is 7.11 Å². The highest BCUT2D eigenvalue weighted by atomic mass is 16.5. The van der Waals surface area contributed by atoms with E-state index in [9.17, 15) is 0 Å². The quantitative estimate of drug-likeness (QED) is 0.259. The number of nitrogens with one attached hydrogen (secondary N) is 1. The van der Waals surface area contributed by atoms with E-state index in [2.05, 4.69) is 36.9 Å². The number of hydrogen-bond acceptors (Lipinski definition) is 2. The Morgan fingerprint density at radius 3 is 1.96 bits per heavy atom. The van der Waals surface area contributed by atoms with E-state index in [1.165, 1.54) is 38.5 Å². The number of ether oxygens (including phenoxy) is 1. The third kappa shape index (κ3) is 5.98. The minimum absolute atomic E-state index is 0.654. The number of benzene rings is 2. The van der Waals surface area contributed by atoms with Crippen molar-refractivity contribution in [2.24, 2.45) is 0 Å². The monoisotopic (exact) mass is 368 g/mol. The number of fused-ring (bicyclic) bond motifs is 1. The SMILES string of the molecule is CCCCCCN(CCCCCC)C(=N)c1ccc(OC)c2ccccc12. The molecular formula is C24H36N2O. The van der Waals surface area contributed by atoms with Crippen LogP contribution in [0, 0.1) is 5.41 Å². The van der Waals surface area contributed by atoms with Crippen LogP contribution in [0.2, 0.25) is 0 Å². The van der Waals surface area contributed by atoms with Gasteiger partial charge in [0.15, 0.2) is 0 Å². The first kappa shape index (κ1) is 21.3. The van der Waals surface area contributed by atoms with Gasteiger partial charge in [-0.15, -0.1) is 0 Å². The van der Waals surface area contributed by atoms with Gasteiger partial charge in [0.25, 0.3) is 0 Å². The van der Waals surface area contributed by atoms with Crippen LogP contribution in [0.1, 0.15) is 70.8 Å². The molecule has 0 aromatic heterocycles. The van der Waals surface area contributed by atoms with Gasteiger partial charge in [-0.25, -0.2) is 0 Å². The van der Waals surface area contributed by atoms with Gasteiger partial charge in [-0.1, -0.05) is 76.6 Å². The lowest BCUT2D eigenvalue weighted by atomic mass is 10.0. The molecule has 0 spiro atoms. The van der Waals surface area contributed by atoms with Crippen LogP contribution in [0.5, 0.6) is 5.75 Å². The molecule has 0 aliphatic heterocycles. The van der Waals surface area contributed by atoms with Crippen molar-refractivity contribution in [1.29, 1.82) is 5.41 Å². The number of amidine groups is 1. The van der Waals surface area contributed by atoms with Crippen LogP contribution in [-0.2, 0) is 0 Å². The topological polar surface area (TPSA) is 36.3 Å². The molecule has 0 saturated heterocycles. The highest BCUT2D eigenvalue weighted by molar-refractivity contribution is 6.09. The molecule has 3 nitrogen and oxygen atoms in total. The van der Waals surface area contributed by atoms with Crippen molar-refractivity contribution >= 4 is 16.6 Å². The van der Waals surface area contributed by atoms with Crippen LogP contribution in [0.3, 0.4) is 0 Å². The predicted molar refractivity (Wildman–Crippen MR) is 117 cm³/mol. The molecule has 0 atom stereocenters. The molecule has 0 unspecified atom stereocenters. The minimum Gasteiger partial charge on any atom is -0.496 e. The van der Waals surface area contributed by atoms with E-state index in [0.717, 1.165) is 48.0 Å². The molecule has 0 amide bonds. The normalized spacial score (nSPS) is 10.9. The van der Waals surface area contributed by atoms with E-state index < -0.39 is 0 Å². The zero-order chi connectivity index (χ0) is 19.5. The number of methoxy groups -OCH3 is 1. The summed E-state index contributed by atoms with van der Waals surface area (Å²) in [7, 11) is 1.71. The van der Waals surface area contributed by atoms with Crippen LogP contribution in [0.25, 0.3) is 10.8 Å². The standard InChI is InChI=1S/C24H36N2O/c1-4-6-8-12-18-26(19-13-9-7-5-2)24(25)22-16-17-23(27-3)21-15-11-10-14-20(21)22/h10-11,14-17,25H,4-9,12-13,18-19H2,1-3H3. The maximum absolute atomic E-state index is 8.94. The molecule has 148 valence electrons. The second kappa shape index (κ2) is 11.6. The molecule has 3 heteroatoms. The maximum atomic E-state index is 8.94. The summed E-state index contributed by atoms with van der Waals surface area (Å²) in [6.07, 6.45) is 9.88. The molecule has 2 rings (SSSR count). The zero-order valence-corrected chi connectivity index (χ0v) is 17.4. The lowest BCUT2D eigenvalue weighted by Gasteiger charge is -2.26. The smallest absolute Gasteiger partial charge is 0.128 e. The Hall–Kier alpha value is -2.03. The molecule has 0 radical (unpaired) electrons. The van der Waals surface area contributed by atoms with Gasteiger partial charge < -0.3 is 9.64 Å². The van der Waals surface area contributed by atoms with E-state index >= 15 is 0 Å². The van der Waals surface area contributed by atoms with E-state index in [-0.39, 0.29) is 0 Å². The van der Waals surface area contributed by atoms with Crippen molar-refractivity contribution in [3.05, 3.63) is 42.0 Å². The van der Waals surface area contributed by atoms with E-state index in [1.807, 2.05) is 18.2 Å². The second-order valence-corrected chi connectivity index (χ2v) is 7.32. The average Bonchev–Trinajstić information content (AvgIpc) is 2.71. The third-order valence-corrected chi connectivity index (χ3v) is 5.24. The fraction of sp³-hybridized carbons (Fsp3) is 0.542. The highest BCUT2D eigenvalue weighted by Crippen LogP contribution is 2.29. The first-order valence-corrected chi connectivity index (χ1v) is 10.6. The summed E-state index contributed by atoms with van der Waals surface area (Å²) in [4.78, 5) is 2.29. The van der Waals surface area contributed by atoms with Gasteiger partial charge in [0.2, 0.25) is 0 Å². The van der Waals surface area contributed by atoms with E-state index in [1.54, 1.807) is 7.11 Å². The van der Waals surface area contributed by atoms with Crippen LogP contribution >= 0.6 is 0 Å². The van der Waals surface area contributed by atoms with E-state index in [4.69, 9.17) is 10.1 Å². The Labute approximate surface area is 165 Å². The van der Waals surface area contributed by atoms with Crippen LogP contribution in [-0.4, -0.2) is 30.9 Å². The Balaban J connectivity index is 2.21. The van der Waals surface area contributed by atoms with E-state index in [0.29, 0.717) is 5.84 Å². The fourth-order valence-corrected chi connectivity index (χ4v) is 3.62. The highest BCUT2D eigenvalue weighted by Gasteiger charge is 2.15. The summed E-state index contributed by atoms with van der Waals surface area (Å²) in [5, 5.41) is 11.1. The van der Waals surface area contributed by atoms with Crippen molar-refractivity contribution in [1.82, 2.24) is 4.90 Å². The molecule has 0 saturated carbocycles. The summed E-state index contributed by atoms with van der Waals surface area (Å²) < 4.78 is 5.52. The Bertz CT molecular complexity index is 699. The number of unbranched alkanes of at least 4 members (excludes halogenated alkanes) is 6. The predicted octanol–water partition coefficient (Wildman–Crippen LogP) is 6.64. The number of rotatable bonds is 12. The Morgan fingerprint density at radius 1 is 0.815 bits per heavy atom. The van der Waals surface area contributed by atoms with Crippen molar-refractivity contribution in [2.75, 3.05) is 20.2 Å². The van der Waals surface area contributed by atoms with Gasteiger partial charge in [0.1, 0.15) is 11.6 Å². The van der Waals surface area contributed by atoms with Crippen LogP contribution < -0.4 is 4.74 Å². The molecule has 1 N–H and O–H groups in total. The van der Waals surface area contributed by atoms with Crippen LogP contribution in [0.4, 0.5) is 0 Å². The number of hydrogen-bond donors (Lipinski definition) is 1. The lowest BCUT2D eigenvalue weighted by Crippen LogP contribution is -2.33. The van der Waals surface area contributed by atoms with Gasteiger partial charge in [0, 0.05) is 24.0 Å². The molecular weight excluding hydrogens is 332 g/mol. The average molecular weight is 369 g/mol. The summed E-state index contributed by atoms with van der Waals surface area (Å²) in [5.41, 5.74) is 1.01. The molecule has 27 heavy (non-hydrogen) atoms. The first-order valence-electron chi connectivity index (χ1n) is 10.6. The first-order chi connectivity index (χ1) is 13.2. The molecule has 0 bridgehead atoms. The van der Waals surface area contributed by atoms with Crippen molar-refractivity contribution in [3.8, 4) is 5.75 Å². The second-order valence-electron chi connectivity index (χ2n) is 7.32. The summed E-state index contributed by atoms with van der Waals surface area (Å²) in [6.45, 7) is 6.44. The summed E-state index contributed by atoms with van der Waals surface area (Å²) >= 11 is 0. The molecule has 0 aliphatic carbocycles. The molecule has 0 aliphatic rings. The summed E-state index contributed by atoms with van der Waals surface area (Å²) in [5.74, 6) is 1.53. The maximum Gasteiger partial charge on any atom is 0.128 e. The van der Waals surface area contributed by atoms with Crippen LogP contribution in [0.15, 0.2) is 36.4 Å². The Morgan fingerprint density at radius 2 is 1.41 bits per heavy atom. The molecule has 2 aromatic carbocycles. The van der Waals surface area contributed by atoms with Crippen molar-refractivity contribution < 1.29 is 4.74 Å². The van der Waals surface area contributed by atoms with Gasteiger partial charge in [-0.3, -0.25) is 5.41 Å². The fourth-order valence-electron chi connectivity index (χ4n) is 3.62. The van der Waals surface area contributed by atoms with Gasteiger partial charge >= 0.3 is 0 Å². The van der Waals surface area contributed by atoms with Gasteiger partial charge in [-0.2, -0.15) is 0 Å². The summed E-state index contributed by atoms with van der Waals surface area (Å²) in [6, 6.07) is 12.3. The molecule has 0 fully saturated rings. The molecule has 2 aromatic rings.